The molecule has 1 aromatic rings. The van der Waals surface area contributed by atoms with Gasteiger partial charge in [-0.15, -0.1) is 0 Å². The molecular weight excluding hydrogens is 266 g/mol. The fourth-order valence-electron chi connectivity index (χ4n) is 1.25. The summed E-state index contributed by atoms with van der Waals surface area (Å²) in [4.78, 5) is 12.2. The molecule has 4 heteroatoms. The maximum absolute atomic E-state index is 12.2. The fraction of sp³-hybridized carbons (Fsp3) is 0.417. The van der Waals surface area contributed by atoms with Gasteiger partial charge in [0.2, 0.25) is 0 Å². The average molecular weight is 280 g/mol. The van der Waals surface area contributed by atoms with Gasteiger partial charge >= 0.3 is 0 Å². The highest BCUT2D eigenvalue weighted by molar-refractivity contribution is 6.45. The summed E-state index contributed by atoms with van der Waals surface area (Å²) in [7, 11) is 0. The SMILES string of the molecule is CCC(C)(C)C(=O)c1cc(Cl)cc(Cl)c1Cl. The second-order valence-corrected chi connectivity index (χ2v) is 5.54. The van der Waals surface area contributed by atoms with E-state index in [1.54, 1.807) is 6.07 Å². The molecule has 0 aliphatic carbocycles. The van der Waals surface area contributed by atoms with E-state index in [1.165, 1.54) is 6.07 Å². The zero-order valence-electron chi connectivity index (χ0n) is 9.40. The van der Waals surface area contributed by atoms with Crippen molar-refractivity contribution in [2.75, 3.05) is 0 Å². The first-order valence-corrected chi connectivity index (χ1v) is 6.12. The first-order valence-electron chi connectivity index (χ1n) is 4.99. The first-order chi connectivity index (χ1) is 7.29. The number of rotatable bonds is 3. The molecule has 0 radical (unpaired) electrons. The van der Waals surface area contributed by atoms with Crippen LogP contribution in [0.3, 0.4) is 0 Å². The largest absolute Gasteiger partial charge is 0.294 e. The molecule has 0 unspecified atom stereocenters. The molecule has 0 saturated heterocycles. The van der Waals surface area contributed by atoms with Gasteiger partial charge in [0.1, 0.15) is 0 Å². The van der Waals surface area contributed by atoms with E-state index in [9.17, 15) is 4.79 Å². The Balaban J connectivity index is 3.29. The predicted octanol–water partition coefficient (Wildman–Crippen LogP) is 5.27. The van der Waals surface area contributed by atoms with Gasteiger partial charge in [0, 0.05) is 16.0 Å². The molecule has 0 fully saturated rings. The Hall–Kier alpha value is -0.240. The molecule has 0 saturated carbocycles. The Labute approximate surface area is 111 Å². The third kappa shape index (κ3) is 2.71. The molecule has 0 aliphatic heterocycles. The third-order valence-corrected chi connectivity index (χ3v) is 3.76. The van der Waals surface area contributed by atoms with Crippen LogP contribution in [0.1, 0.15) is 37.6 Å². The Morgan fingerprint density at radius 1 is 1.25 bits per heavy atom. The number of carbonyl (C=O) groups is 1. The van der Waals surface area contributed by atoms with E-state index in [0.717, 1.165) is 6.42 Å². The lowest BCUT2D eigenvalue weighted by Crippen LogP contribution is -2.23. The van der Waals surface area contributed by atoms with E-state index in [4.69, 9.17) is 34.8 Å². The van der Waals surface area contributed by atoms with Crippen LogP contribution < -0.4 is 0 Å². The molecule has 1 rings (SSSR count). The molecule has 0 aliphatic rings. The van der Waals surface area contributed by atoms with E-state index in [-0.39, 0.29) is 10.8 Å². The van der Waals surface area contributed by atoms with Gasteiger partial charge in [0.05, 0.1) is 10.0 Å². The quantitative estimate of drug-likeness (QED) is 0.544. The van der Waals surface area contributed by atoms with E-state index >= 15 is 0 Å². The standard InChI is InChI=1S/C12H13Cl3O/c1-4-12(2,3)11(16)8-5-7(13)6-9(14)10(8)15/h5-6H,4H2,1-3H3. The van der Waals surface area contributed by atoms with Gasteiger partial charge < -0.3 is 0 Å². The van der Waals surface area contributed by atoms with Gasteiger partial charge in [-0.25, -0.2) is 0 Å². The molecule has 1 aromatic carbocycles. The van der Waals surface area contributed by atoms with Gasteiger partial charge in [-0.2, -0.15) is 0 Å². The molecular formula is C12H13Cl3O. The van der Waals surface area contributed by atoms with E-state index < -0.39 is 5.41 Å². The number of hydrogen-bond donors (Lipinski definition) is 0. The summed E-state index contributed by atoms with van der Waals surface area (Å²) in [5, 5.41) is 1.01. The minimum Gasteiger partial charge on any atom is -0.294 e. The van der Waals surface area contributed by atoms with E-state index in [0.29, 0.717) is 15.6 Å². The van der Waals surface area contributed by atoms with Crippen LogP contribution in [-0.2, 0) is 0 Å². The van der Waals surface area contributed by atoms with Gasteiger partial charge in [-0.3, -0.25) is 4.79 Å². The van der Waals surface area contributed by atoms with Crippen molar-refractivity contribution in [3.05, 3.63) is 32.8 Å². The van der Waals surface area contributed by atoms with Crippen LogP contribution in [0.4, 0.5) is 0 Å². The highest BCUT2D eigenvalue weighted by atomic mass is 35.5. The van der Waals surface area contributed by atoms with Gasteiger partial charge in [0.15, 0.2) is 5.78 Å². The monoisotopic (exact) mass is 278 g/mol. The van der Waals surface area contributed by atoms with Gasteiger partial charge in [0.25, 0.3) is 0 Å². The smallest absolute Gasteiger partial charge is 0.170 e. The third-order valence-electron chi connectivity index (χ3n) is 2.74. The summed E-state index contributed by atoms with van der Waals surface area (Å²) in [6, 6.07) is 3.09. The summed E-state index contributed by atoms with van der Waals surface area (Å²) < 4.78 is 0. The highest BCUT2D eigenvalue weighted by Crippen LogP contribution is 2.35. The van der Waals surface area contributed by atoms with E-state index in [2.05, 4.69) is 0 Å². The van der Waals surface area contributed by atoms with Crippen molar-refractivity contribution in [2.45, 2.75) is 27.2 Å². The molecule has 16 heavy (non-hydrogen) atoms. The van der Waals surface area contributed by atoms with Crippen molar-refractivity contribution < 1.29 is 4.79 Å². The topological polar surface area (TPSA) is 17.1 Å². The maximum Gasteiger partial charge on any atom is 0.170 e. The van der Waals surface area contributed by atoms with Crippen LogP contribution in [0.15, 0.2) is 12.1 Å². The molecule has 0 amide bonds. The lowest BCUT2D eigenvalue weighted by molar-refractivity contribution is 0.0833. The molecule has 1 nitrogen and oxygen atoms in total. The van der Waals surface area contributed by atoms with Crippen molar-refractivity contribution >= 4 is 40.6 Å². The molecule has 0 bridgehead atoms. The lowest BCUT2D eigenvalue weighted by atomic mass is 9.82. The van der Waals surface area contributed by atoms with Gasteiger partial charge in [-0.05, 0) is 18.6 Å². The van der Waals surface area contributed by atoms with Crippen molar-refractivity contribution in [1.29, 1.82) is 0 Å². The fourth-order valence-corrected chi connectivity index (χ4v) is 1.93. The lowest BCUT2D eigenvalue weighted by Gasteiger charge is -2.21. The maximum atomic E-state index is 12.2. The summed E-state index contributed by atoms with van der Waals surface area (Å²) in [5.41, 5.74) is -0.0662. The Kier molecular flexibility index (Phi) is 4.28. The van der Waals surface area contributed by atoms with Crippen LogP contribution in [-0.4, -0.2) is 5.78 Å². The summed E-state index contributed by atoms with van der Waals surface area (Å²) >= 11 is 17.8. The number of Topliss-reactive ketones (excluding diaryl/α,β-unsaturated/α-hetero) is 1. The second-order valence-electron chi connectivity index (χ2n) is 4.32. The minimum absolute atomic E-state index is 0.0376. The molecule has 0 spiro atoms. The van der Waals surface area contributed by atoms with Gasteiger partial charge in [-0.1, -0.05) is 55.6 Å². The predicted molar refractivity (Wildman–Crippen MR) is 69.9 cm³/mol. The van der Waals surface area contributed by atoms with Crippen LogP contribution in [0.2, 0.25) is 15.1 Å². The number of carbonyl (C=O) groups excluding carboxylic acids is 1. The van der Waals surface area contributed by atoms with Crippen LogP contribution in [0, 0.1) is 5.41 Å². The Bertz CT molecular complexity index is 425. The number of hydrogen-bond acceptors (Lipinski definition) is 1. The number of ketones is 1. The summed E-state index contributed by atoms with van der Waals surface area (Å²) in [5.74, 6) is -0.0376. The average Bonchev–Trinajstić information content (AvgIpc) is 2.22. The van der Waals surface area contributed by atoms with Crippen molar-refractivity contribution in [3.63, 3.8) is 0 Å². The normalized spacial score (nSPS) is 11.6. The van der Waals surface area contributed by atoms with Crippen LogP contribution in [0.25, 0.3) is 0 Å². The highest BCUT2D eigenvalue weighted by Gasteiger charge is 2.29. The molecule has 88 valence electrons. The minimum atomic E-state index is -0.461. The van der Waals surface area contributed by atoms with Crippen LogP contribution >= 0.6 is 34.8 Å². The van der Waals surface area contributed by atoms with Crippen molar-refractivity contribution in [2.24, 2.45) is 5.41 Å². The number of benzene rings is 1. The zero-order chi connectivity index (χ0) is 12.5. The summed E-state index contributed by atoms with van der Waals surface area (Å²) in [6.45, 7) is 5.71. The second kappa shape index (κ2) is 4.95. The van der Waals surface area contributed by atoms with Crippen LogP contribution in [0.5, 0.6) is 0 Å². The molecule has 0 heterocycles. The Morgan fingerprint density at radius 3 is 2.31 bits per heavy atom. The van der Waals surface area contributed by atoms with Crippen molar-refractivity contribution in [1.82, 2.24) is 0 Å². The molecule has 0 aromatic heterocycles. The zero-order valence-corrected chi connectivity index (χ0v) is 11.7. The summed E-state index contributed by atoms with van der Waals surface area (Å²) in [6.07, 6.45) is 0.728. The van der Waals surface area contributed by atoms with E-state index in [1.807, 2.05) is 20.8 Å². The molecule has 0 N–H and O–H groups in total. The number of halogens is 3. The molecule has 0 atom stereocenters. The van der Waals surface area contributed by atoms with Crippen molar-refractivity contribution in [3.8, 4) is 0 Å². The Morgan fingerprint density at radius 2 is 1.81 bits per heavy atom. The first kappa shape index (κ1) is 13.8.